The standard InChI is InChI=1S/C22H19ClFN3O3/c1-14-18(22(23)27(26-14)16-8-6-15(24)7-9-16)10-11-21(28)25-12-17-13-29-19-4-2-3-5-20(19)30-17/h2-11,17H,12-13H2,1H3,(H,25,28). The van der Waals surface area contributed by atoms with Crippen LogP contribution in [0.1, 0.15) is 11.3 Å². The number of aryl methyl sites for hydroxylation is 1. The molecule has 2 aromatic carbocycles. The lowest BCUT2D eigenvalue weighted by Gasteiger charge is -2.26. The van der Waals surface area contributed by atoms with Crippen molar-refractivity contribution >= 4 is 23.6 Å². The Morgan fingerprint density at radius 3 is 2.77 bits per heavy atom. The van der Waals surface area contributed by atoms with E-state index in [1.807, 2.05) is 24.3 Å². The van der Waals surface area contributed by atoms with Crippen molar-refractivity contribution in [2.24, 2.45) is 0 Å². The van der Waals surface area contributed by atoms with Gasteiger partial charge < -0.3 is 14.8 Å². The third kappa shape index (κ3) is 4.31. The van der Waals surface area contributed by atoms with E-state index in [9.17, 15) is 9.18 Å². The Hall–Kier alpha value is -3.32. The molecule has 1 aliphatic rings. The number of hydrogen-bond donors (Lipinski definition) is 1. The van der Waals surface area contributed by atoms with Crippen molar-refractivity contribution in [1.82, 2.24) is 15.1 Å². The molecule has 0 saturated heterocycles. The van der Waals surface area contributed by atoms with Crippen molar-refractivity contribution in [2.75, 3.05) is 13.2 Å². The summed E-state index contributed by atoms with van der Waals surface area (Å²) in [6.07, 6.45) is 2.72. The molecule has 0 spiro atoms. The van der Waals surface area contributed by atoms with Gasteiger partial charge in [-0.15, -0.1) is 0 Å². The molecule has 4 rings (SSSR count). The highest BCUT2D eigenvalue weighted by atomic mass is 35.5. The summed E-state index contributed by atoms with van der Waals surface area (Å²) in [7, 11) is 0. The molecule has 0 bridgehead atoms. The summed E-state index contributed by atoms with van der Waals surface area (Å²) in [6.45, 7) is 2.45. The first-order valence-corrected chi connectivity index (χ1v) is 9.74. The third-order valence-corrected chi connectivity index (χ3v) is 4.96. The number of amides is 1. The number of fused-ring (bicyclic) bond motifs is 1. The van der Waals surface area contributed by atoms with Crippen LogP contribution < -0.4 is 14.8 Å². The molecule has 1 atom stereocenters. The van der Waals surface area contributed by atoms with Gasteiger partial charge in [-0.05, 0) is 49.4 Å². The van der Waals surface area contributed by atoms with E-state index < -0.39 is 0 Å². The summed E-state index contributed by atoms with van der Waals surface area (Å²) in [5.41, 5.74) is 1.89. The molecule has 30 heavy (non-hydrogen) atoms. The van der Waals surface area contributed by atoms with Crippen LogP contribution in [0.25, 0.3) is 11.8 Å². The fourth-order valence-electron chi connectivity index (χ4n) is 3.05. The molecule has 1 N–H and O–H groups in total. The minimum absolute atomic E-state index is 0.274. The molecule has 0 radical (unpaired) electrons. The van der Waals surface area contributed by atoms with Gasteiger partial charge in [0.15, 0.2) is 11.5 Å². The van der Waals surface area contributed by atoms with Crippen LogP contribution in [-0.4, -0.2) is 34.9 Å². The van der Waals surface area contributed by atoms with Crippen LogP contribution in [0, 0.1) is 12.7 Å². The van der Waals surface area contributed by atoms with Crippen LogP contribution in [0.5, 0.6) is 11.5 Å². The summed E-state index contributed by atoms with van der Waals surface area (Å²) < 4.78 is 26.1. The molecule has 0 fully saturated rings. The lowest BCUT2D eigenvalue weighted by atomic mass is 10.2. The maximum atomic E-state index is 13.1. The fraction of sp³-hybridized carbons (Fsp3) is 0.182. The first-order valence-electron chi connectivity index (χ1n) is 9.36. The van der Waals surface area contributed by atoms with E-state index in [1.165, 1.54) is 22.9 Å². The van der Waals surface area contributed by atoms with Crippen LogP contribution in [0.4, 0.5) is 4.39 Å². The van der Waals surface area contributed by atoms with E-state index in [4.69, 9.17) is 21.1 Å². The molecule has 1 aliphatic heterocycles. The molecule has 0 saturated carbocycles. The summed E-state index contributed by atoms with van der Waals surface area (Å²) >= 11 is 6.42. The highest BCUT2D eigenvalue weighted by Crippen LogP contribution is 2.30. The molecule has 8 heteroatoms. The fourth-order valence-corrected chi connectivity index (χ4v) is 3.39. The Balaban J connectivity index is 1.38. The Labute approximate surface area is 177 Å². The largest absolute Gasteiger partial charge is 0.486 e. The van der Waals surface area contributed by atoms with Gasteiger partial charge in [0.05, 0.1) is 17.9 Å². The summed E-state index contributed by atoms with van der Waals surface area (Å²) in [5.74, 6) is 0.728. The van der Waals surface area contributed by atoms with E-state index >= 15 is 0 Å². The second kappa shape index (κ2) is 8.59. The van der Waals surface area contributed by atoms with E-state index in [0.717, 1.165) is 0 Å². The number of hydrogen-bond acceptors (Lipinski definition) is 4. The summed E-state index contributed by atoms with van der Waals surface area (Å²) in [4.78, 5) is 12.2. The number of benzene rings is 2. The van der Waals surface area contributed by atoms with E-state index in [0.29, 0.717) is 46.7 Å². The van der Waals surface area contributed by atoms with Crippen LogP contribution in [0.2, 0.25) is 5.15 Å². The number of nitrogens with zero attached hydrogens (tertiary/aromatic N) is 2. The van der Waals surface area contributed by atoms with Gasteiger partial charge in [-0.3, -0.25) is 4.79 Å². The van der Waals surface area contributed by atoms with Crippen LogP contribution in [-0.2, 0) is 4.79 Å². The lowest BCUT2D eigenvalue weighted by Crippen LogP contribution is -2.40. The minimum atomic E-state index is -0.341. The molecule has 0 aliphatic carbocycles. The molecule has 1 aromatic heterocycles. The first kappa shape index (κ1) is 20.0. The van der Waals surface area contributed by atoms with E-state index in [2.05, 4.69) is 10.4 Å². The van der Waals surface area contributed by atoms with E-state index in [-0.39, 0.29) is 17.8 Å². The first-order chi connectivity index (χ1) is 14.5. The Bertz CT molecular complexity index is 1100. The van der Waals surface area contributed by atoms with Crippen molar-refractivity contribution in [1.29, 1.82) is 0 Å². The molecule has 1 unspecified atom stereocenters. The van der Waals surface area contributed by atoms with Gasteiger partial charge in [-0.1, -0.05) is 23.7 Å². The number of ether oxygens (including phenoxy) is 2. The average Bonchev–Trinajstić information content (AvgIpc) is 3.04. The minimum Gasteiger partial charge on any atom is -0.486 e. The highest BCUT2D eigenvalue weighted by Gasteiger charge is 2.20. The van der Waals surface area contributed by atoms with Crippen molar-refractivity contribution < 1.29 is 18.7 Å². The monoisotopic (exact) mass is 427 g/mol. The molecule has 154 valence electrons. The van der Waals surface area contributed by atoms with Crippen molar-refractivity contribution in [2.45, 2.75) is 13.0 Å². The van der Waals surface area contributed by atoms with Crippen LogP contribution in [0.15, 0.2) is 54.6 Å². The molecule has 2 heterocycles. The van der Waals surface area contributed by atoms with Gasteiger partial charge in [0.2, 0.25) is 5.91 Å². The maximum absolute atomic E-state index is 13.1. The van der Waals surface area contributed by atoms with Crippen molar-refractivity contribution in [3.63, 3.8) is 0 Å². The summed E-state index contributed by atoms with van der Waals surface area (Å²) in [6, 6.07) is 13.2. The number of carbonyl (C=O) groups is 1. The normalized spacial score (nSPS) is 15.4. The molecule has 6 nitrogen and oxygen atoms in total. The van der Waals surface area contributed by atoms with Crippen molar-refractivity contribution in [3.05, 3.63) is 76.8 Å². The number of carbonyl (C=O) groups excluding carboxylic acids is 1. The lowest BCUT2D eigenvalue weighted by molar-refractivity contribution is -0.116. The second-order valence-electron chi connectivity index (χ2n) is 6.75. The van der Waals surface area contributed by atoms with Crippen LogP contribution in [0.3, 0.4) is 0 Å². The highest BCUT2D eigenvalue weighted by molar-refractivity contribution is 6.31. The number of aromatic nitrogens is 2. The van der Waals surface area contributed by atoms with Gasteiger partial charge in [0.25, 0.3) is 0 Å². The predicted molar refractivity (Wildman–Crippen MR) is 112 cm³/mol. The second-order valence-corrected chi connectivity index (χ2v) is 7.11. The zero-order chi connectivity index (χ0) is 21.1. The molecular weight excluding hydrogens is 409 g/mol. The number of halogens is 2. The van der Waals surface area contributed by atoms with Crippen LogP contribution >= 0.6 is 11.6 Å². The van der Waals surface area contributed by atoms with Gasteiger partial charge in [0.1, 0.15) is 23.7 Å². The third-order valence-electron chi connectivity index (χ3n) is 4.59. The molecule has 1 amide bonds. The number of rotatable bonds is 5. The SMILES string of the molecule is Cc1nn(-c2ccc(F)cc2)c(Cl)c1C=CC(=O)NCC1COc2ccccc2O1. The number of nitrogens with one attached hydrogen (secondary N) is 1. The maximum Gasteiger partial charge on any atom is 0.244 e. The topological polar surface area (TPSA) is 65.4 Å². The van der Waals surface area contributed by atoms with Gasteiger partial charge in [0, 0.05) is 11.6 Å². The van der Waals surface area contributed by atoms with Gasteiger partial charge in [-0.25, -0.2) is 9.07 Å². The summed E-state index contributed by atoms with van der Waals surface area (Å²) in [5, 5.41) is 7.50. The van der Waals surface area contributed by atoms with Crippen molar-refractivity contribution in [3.8, 4) is 17.2 Å². The van der Waals surface area contributed by atoms with Gasteiger partial charge >= 0.3 is 0 Å². The Kier molecular flexibility index (Phi) is 5.72. The predicted octanol–water partition coefficient (Wildman–Crippen LogP) is 3.94. The zero-order valence-corrected chi connectivity index (χ0v) is 16.9. The van der Waals surface area contributed by atoms with Gasteiger partial charge in [-0.2, -0.15) is 5.10 Å². The molecular formula is C22H19ClFN3O3. The Morgan fingerprint density at radius 1 is 1.27 bits per heavy atom. The zero-order valence-electron chi connectivity index (χ0n) is 16.1. The van der Waals surface area contributed by atoms with E-state index in [1.54, 1.807) is 25.1 Å². The number of para-hydroxylation sites is 2. The smallest absolute Gasteiger partial charge is 0.244 e. The molecule has 3 aromatic rings. The Morgan fingerprint density at radius 2 is 2.00 bits per heavy atom. The quantitative estimate of drug-likeness (QED) is 0.626. The average molecular weight is 428 g/mol.